The summed E-state index contributed by atoms with van der Waals surface area (Å²) in [5, 5.41) is 0. The Morgan fingerprint density at radius 2 is 1.71 bits per heavy atom. The quantitative estimate of drug-likeness (QED) is 0.892. The van der Waals surface area contributed by atoms with Crippen LogP contribution in [-0.4, -0.2) is 6.10 Å². The molecule has 0 amide bonds. The average Bonchev–Trinajstić information content (AvgIpc) is 2.48. The number of hydrogen-bond donors (Lipinski definition) is 1. The molecule has 2 rings (SSSR count). The van der Waals surface area contributed by atoms with Crippen LogP contribution in [0.2, 0.25) is 0 Å². The zero-order chi connectivity index (χ0) is 15.4. The molecule has 2 nitrogen and oxygen atoms in total. The van der Waals surface area contributed by atoms with Gasteiger partial charge in [-0.15, -0.1) is 0 Å². The van der Waals surface area contributed by atoms with E-state index < -0.39 is 0 Å². The molecule has 2 aromatic rings. The molecule has 3 heteroatoms. The van der Waals surface area contributed by atoms with E-state index >= 15 is 0 Å². The maximum atomic E-state index is 13.3. The monoisotopic (exact) mass is 287 g/mol. The van der Waals surface area contributed by atoms with E-state index in [1.807, 2.05) is 30.3 Å². The van der Waals surface area contributed by atoms with E-state index in [1.165, 1.54) is 6.07 Å². The highest BCUT2D eigenvalue weighted by atomic mass is 19.1. The van der Waals surface area contributed by atoms with Crippen molar-refractivity contribution in [2.75, 3.05) is 0 Å². The van der Waals surface area contributed by atoms with Crippen LogP contribution in [0.1, 0.15) is 31.0 Å². The highest BCUT2D eigenvalue weighted by Crippen LogP contribution is 2.26. The molecule has 2 N–H and O–H groups in total. The van der Waals surface area contributed by atoms with Crippen molar-refractivity contribution in [1.29, 1.82) is 0 Å². The molecule has 0 aliphatic carbocycles. The van der Waals surface area contributed by atoms with Crippen molar-refractivity contribution in [2.45, 2.75) is 32.9 Å². The summed E-state index contributed by atoms with van der Waals surface area (Å²) in [7, 11) is 0. The number of aryl methyl sites for hydroxylation is 1. The van der Waals surface area contributed by atoms with E-state index in [0.29, 0.717) is 11.3 Å². The summed E-state index contributed by atoms with van der Waals surface area (Å²) in [4.78, 5) is 0. The van der Waals surface area contributed by atoms with Gasteiger partial charge in [-0.05, 0) is 42.2 Å². The predicted octanol–water partition coefficient (Wildman–Crippen LogP) is 4.24. The van der Waals surface area contributed by atoms with Crippen LogP contribution >= 0.6 is 0 Å². The number of hydrogen-bond acceptors (Lipinski definition) is 2. The highest BCUT2D eigenvalue weighted by Gasteiger charge is 2.24. The molecular weight excluding hydrogens is 265 g/mol. The van der Waals surface area contributed by atoms with E-state index in [4.69, 9.17) is 10.5 Å². The summed E-state index contributed by atoms with van der Waals surface area (Å²) in [5.41, 5.74) is 7.97. The van der Waals surface area contributed by atoms with Crippen LogP contribution in [0, 0.1) is 18.7 Å². The molecule has 2 atom stereocenters. The topological polar surface area (TPSA) is 35.2 Å². The summed E-state index contributed by atoms with van der Waals surface area (Å²) in [6.07, 6.45) is -0.169. The molecule has 0 spiro atoms. The van der Waals surface area contributed by atoms with Gasteiger partial charge >= 0.3 is 0 Å². The Morgan fingerprint density at radius 3 is 2.29 bits per heavy atom. The lowest BCUT2D eigenvalue weighted by molar-refractivity contribution is 0.123. The number of ether oxygens (including phenoxy) is 1. The lowest BCUT2D eigenvalue weighted by Gasteiger charge is -2.28. The van der Waals surface area contributed by atoms with Gasteiger partial charge in [-0.25, -0.2) is 4.39 Å². The molecule has 21 heavy (non-hydrogen) atoms. The van der Waals surface area contributed by atoms with Gasteiger partial charge in [0, 0.05) is 0 Å². The molecular formula is C18H22FNO. The van der Waals surface area contributed by atoms with Crippen LogP contribution in [-0.2, 0) is 0 Å². The predicted molar refractivity (Wildman–Crippen MR) is 83.8 cm³/mol. The molecule has 2 unspecified atom stereocenters. The van der Waals surface area contributed by atoms with Crippen LogP contribution < -0.4 is 10.5 Å². The van der Waals surface area contributed by atoms with Gasteiger partial charge in [-0.3, -0.25) is 0 Å². The van der Waals surface area contributed by atoms with Gasteiger partial charge in [0.05, 0.1) is 6.04 Å². The normalized spacial score (nSPS) is 14.0. The first-order valence-electron chi connectivity index (χ1n) is 7.22. The molecule has 0 aliphatic heterocycles. The van der Waals surface area contributed by atoms with Crippen LogP contribution in [0.25, 0.3) is 0 Å². The number of benzene rings is 2. The Kier molecular flexibility index (Phi) is 4.97. The van der Waals surface area contributed by atoms with Gasteiger partial charge in [0.2, 0.25) is 0 Å². The summed E-state index contributed by atoms with van der Waals surface area (Å²) in [6.45, 7) is 5.87. The Labute approximate surface area is 125 Å². The SMILES string of the molecule is Cc1cc(OC(C(C)C)C(N)c2ccccc2)ccc1F. The van der Waals surface area contributed by atoms with Crippen molar-refractivity contribution < 1.29 is 9.13 Å². The molecule has 0 aliphatic rings. The summed E-state index contributed by atoms with van der Waals surface area (Å²) < 4.78 is 19.4. The van der Waals surface area contributed by atoms with Gasteiger partial charge in [-0.1, -0.05) is 44.2 Å². The van der Waals surface area contributed by atoms with Gasteiger partial charge in [0.1, 0.15) is 17.7 Å². The highest BCUT2D eigenvalue weighted by molar-refractivity contribution is 5.29. The largest absolute Gasteiger partial charge is 0.488 e. The van der Waals surface area contributed by atoms with Gasteiger partial charge in [-0.2, -0.15) is 0 Å². The second kappa shape index (κ2) is 6.72. The van der Waals surface area contributed by atoms with E-state index in [2.05, 4.69) is 13.8 Å². The van der Waals surface area contributed by atoms with E-state index in [9.17, 15) is 4.39 Å². The second-order valence-corrected chi connectivity index (χ2v) is 5.67. The third-order valence-electron chi connectivity index (χ3n) is 3.60. The minimum absolute atomic E-state index is 0.169. The molecule has 0 radical (unpaired) electrons. The fourth-order valence-electron chi connectivity index (χ4n) is 2.34. The van der Waals surface area contributed by atoms with Gasteiger partial charge < -0.3 is 10.5 Å². The van der Waals surface area contributed by atoms with Gasteiger partial charge in [0.25, 0.3) is 0 Å². The molecule has 0 heterocycles. The molecule has 2 aromatic carbocycles. The summed E-state index contributed by atoms with van der Waals surface area (Å²) in [5.74, 6) is 0.667. The standard InChI is InChI=1S/C18H22FNO/c1-12(2)18(17(20)14-7-5-4-6-8-14)21-15-9-10-16(19)13(3)11-15/h4-12,17-18H,20H2,1-3H3. The summed E-state index contributed by atoms with van der Waals surface area (Å²) in [6, 6.07) is 14.5. The lowest BCUT2D eigenvalue weighted by atomic mass is 9.94. The van der Waals surface area contributed by atoms with Gasteiger partial charge in [0.15, 0.2) is 0 Å². The van der Waals surface area contributed by atoms with Crippen LogP contribution in [0.3, 0.4) is 0 Å². The Morgan fingerprint density at radius 1 is 1.05 bits per heavy atom. The lowest BCUT2D eigenvalue weighted by Crippen LogP contribution is -2.35. The number of halogens is 1. The minimum atomic E-state index is -0.226. The molecule has 0 saturated heterocycles. The second-order valence-electron chi connectivity index (χ2n) is 5.67. The van der Waals surface area contributed by atoms with Crippen molar-refractivity contribution in [3.63, 3.8) is 0 Å². The van der Waals surface area contributed by atoms with Crippen molar-refractivity contribution >= 4 is 0 Å². The minimum Gasteiger partial charge on any atom is -0.488 e. The molecule has 112 valence electrons. The number of rotatable bonds is 5. The van der Waals surface area contributed by atoms with Crippen molar-refractivity contribution in [1.82, 2.24) is 0 Å². The Hall–Kier alpha value is -1.87. The Balaban J connectivity index is 2.21. The van der Waals surface area contributed by atoms with E-state index in [-0.39, 0.29) is 23.9 Å². The fraction of sp³-hybridized carbons (Fsp3) is 0.333. The molecule has 0 bridgehead atoms. The summed E-state index contributed by atoms with van der Waals surface area (Å²) >= 11 is 0. The first-order valence-corrected chi connectivity index (χ1v) is 7.22. The average molecular weight is 287 g/mol. The first-order chi connectivity index (χ1) is 9.99. The number of nitrogens with two attached hydrogens (primary N) is 1. The van der Waals surface area contributed by atoms with Crippen molar-refractivity contribution in [3.05, 3.63) is 65.5 Å². The third kappa shape index (κ3) is 3.82. The van der Waals surface area contributed by atoms with Crippen LogP contribution in [0.4, 0.5) is 4.39 Å². The van der Waals surface area contributed by atoms with E-state index in [1.54, 1.807) is 19.1 Å². The fourth-order valence-corrected chi connectivity index (χ4v) is 2.34. The van der Waals surface area contributed by atoms with E-state index in [0.717, 1.165) is 5.56 Å². The zero-order valence-corrected chi connectivity index (χ0v) is 12.7. The smallest absolute Gasteiger partial charge is 0.126 e. The first kappa shape index (κ1) is 15.5. The van der Waals surface area contributed by atoms with Crippen LogP contribution in [0.5, 0.6) is 5.75 Å². The Bertz CT molecular complexity index is 583. The third-order valence-corrected chi connectivity index (χ3v) is 3.60. The molecule has 0 saturated carbocycles. The van der Waals surface area contributed by atoms with Crippen molar-refractivity contribution in [2.24, 2.45) is 11.7 Å². The van der Waals surface area contributed by atoms with Crippen LogP contribution in [0.15, 0.2) is 48.5 Å². The zero-order valence-electron chi connectivity index (χ0n) is 12.7. The maximum Gasteiger partial charge on any atom is 0.126 e. The van der Waals surface area contributed by atoms with Crippen molar-refractivity contribution in [3.8, 4) is 5.75 Å². The molecule has 0 fully saturated rings. The molecule has 0 aromatic heterocycles. The maximum absolute atomic E-state index is 13.3.